The van der Waals surface area contributed by atoms with Gasteiger partial charge in [-0.25, -0.2) is 5.01 Å². The molecule has 2 atom stereocenters. The summed E-state index contributed by atoms with van der Waals surface area (Å²) < 4.78 is 0. The molecule has 0 aromatic heterocycles. The maximum Gasteiger partial charge on any atom is 0.0491 e. The molecular weight excluding hydrogens is 224 g/mol. The molecule has 0 radical (unpaired) electrons. The molecule has 1 rings (SSSR count). The molecule has 0 aliphatic carbocycles. The monoisotopic (exact) mass is 248 g/mol. The van der Waals surface area contributed by atoms with E-state index in [0.717, 1.165) is 18.5 Å². The van der Waals surface area contributed by atoms with Crippen LogP contribution in [0.3, 0.4) is 0 Å². The number of nitrogens with zero attached hydrogens (tertiary/aromatic N) is 1. The molecule has 100 valence electrons. The predicted molar refractivity (Wildman–Crippen MR) is 77.0 cm³/mol. The lowest BCUT2D eigenvalue weighted by Crippen LogP contribution is -2.48. The molecule has 1 unspecified atom stereocenters. The molecule has 0 aromatic carbocycles. The van der Waals surface area contributed by atoms with E-state index in [9.17, 15) is 0 Å². The van der Waals surface area contributed by atoms with Crippen LogP contribution >= 0.6 is 0 Å². The Labute approximate surface area is 110 Å². The van der Waals surface area contributed by atoms with E-state index in [1.165, 1.54) is 12.6 Å². The molecule has 0 saturated carbocycles. The van der Waals surface area contributed by atoms with Crippen LogP contribution in [0.25, 0.3) is 0 Å². The van der Waals surface area contributed by atoms with Gasteiger partial charge >= 0.3 is 0 Å². The average Bonchev–Trinajstić information content (AvgIpc) is 2.29. The van der Waals surface area contributed by atoms with E-state index in [1.54, 1.807) is 6.08 Å². The van der Waals surface area contributed by atoms with Gasteiger partial charge in [-0.1, -0.05) is 19.1 Å². The molecular formula is C14H24N4. The number of hydrogen-bond donors (Lipinski definition) is 3. The van der Waals surface area contributed by atoms with Gasteiger partial charge in [0.1, 0.15) is 0 Å². The fourth-order valence-electron chi connectivity index (χ4n) is 2.33. The molecule has 0 bridgehead atoms. The van der Waals surface area contributed by atoms with E-state index < -0.39 is 0 Å². The van der Waals surface area contributed by atoms with Crippen LogP contribution < -0.4 is 11.6 Å². The minimum atomic E-state index is 0.218. The molecule has 18 heavy (non-hydrogen) atoms. The van der Waals surface area contributed by atoms with Crippen LogP contribution in [0, 0.1) is 11.3 Å². The van der Waals surface area contributed by atoms with Crippen molar-refractivity contribution in [1.29, 1.82) is 5.41 Å². The Morgan fingerprint density at radius 3 is 2.67 bits per heavy atom. The Hall–Kier alpha value is -1.39. The second-order valence-electron chi connectivity index (χ2n) is 4.87. The van der Waals surface area contributed by atoms with Crippen LogP contribution in [0.15, 0.2) is 35.6 Å². The smallest absolute Gasteiger partial charge is 0.0491 e. The highest BCUT2D eigenvalue weighted by molar-refractivity contribution is 5.69. The van der Waals surface area contributed by atoms with Crippen molar-refractivity contribution < 1.29 is 0 Å². The number of nitrogens with one attached hydrogen (secondary N) is 1. The van der Waals surface area contributed by atoms with E-state index in [1.807, 2.05) is 30.2 Å². The van der Waals surface area contributed by atoms with Gasteiger partial charge in [-0.15, -0.1) is 0 Å². The van der Waals surface area contributed by atoms with Crippen molar-refractivity contribution in [3.05, 3.63) is 35.6 Å². The van der Waals surface area contributed by atoms with E-state index in [-0.39, 0.29) is 6.04 Å². The molecule has 4 nitrogen and oxygen atoms in total. The van der Waals surface area contributed by atoms with Crippen LogP contribution in [0.4, 0.5) is 0 Å². The van der Waals surface area contributed by atoms with Gasteiger partial charge in [0, 0.05) is 24.5 Å². The van der Waals surface area contributed by atoms with Crippen molar-refractivity contribution in [2.45, 2.75) is 32.7 Å². The Balaban J connectivity index is 2.91. The Morgan fingerprint density at radius 2 is 2.11 bits per heavy atom. The minimum Gasteiger partial charge on any atom is -0.399 e. The topological polar surface area (TPSA) is 79.1 Å². The number of rotatable bonds is 4. The second kappa shape index (κ2) is 7.13. The zero-order chi connectivity index (χ0) is 13.5. The molecule has 4 heteroatoms. The summed E-state index contributed by atoms with van der Waals surface area (Å²) in [7, 11) is 0. The van der Waals surface area contributed by atoms with E-state index in [2.05, 4.69) is 6.92 Å². The molecule has 1 aliphatic rings. The van der Waals surface area contributed by atoms with Crippen molar-refractivity contribution >= 4 is 6.21 Å². The van der Waals surface area contributed by atoms with Gasteiger partial charge in [0.15, 0.2) is 0 Å². The normalized spacial score (nSPS) is 27.7. The first-order valence-electron chi connectivity index (χ1n) is 6.40. The van der Waals surface area contributed by atoms with E-state index in [0.29, 0.717) is 11.6 Å². The number of piperidine rings is 1. The van der Waals surface area contributed by atoms with Crippen molar-refractivity contribution in [2.24, 2.45) is 17.5 Å². The highest BCUT2D eigenvalue weighted by Crippen LogP contribution is 2.25. The molecule has 0 spiro atoms. The summed E-state index contributed by atoms with van der Waals surface area (Å²) in [5.74, 6) is 6.75. The number of hydrogen-bond acceptors (Lipinski definition) is 4. The van der Waals surface area contributed by atoms with Gasteiger partial charge < -0.3 is 11.1 Å². The molecule has 5 N–H and O–H groups in total. The predicted octanol–water partition coefficient (Wildman–Crippen LogP) is 1.96. The lowest BCUT2D eigenvalue weighted by Gasteiger charge is -2.36. The lowest BCUT2D eigenvalue weighted by atomic mass is 9.90. The third-order valence-electron chi connectivity index (χ3n) is 3.21. The summed E-state index contributed by atoms with van der Waals surface area (Å²) in [5.41, 5.74) is 7.54. The van der Waals surface area contributed by atoms with Crippen LogP contribution in [0.1, 0.15) is 26.7 Å². The zero-order valence-electron chi connectivity index (χ0n) is 11.3. The summed E-state index contributed by atoms with van der Waals surface area (Å²) in [5, 5.41) is 8.93. The molecule has 0 aromatic rings. The first-order chi connectivity index (χ1) is 8.58. The first-order valence-corrected chi connectivity index (χ1v) is 6.40. The van der Waals surface area contributed by atoms with Gasteiger partial charge in [-0.3, -0.25) is 5.84 Å². The summed E-state index contributed by atoms with van der Waals surface area (Å²) >= 11 is 0. The number of nitrogens with two attached hydrogens (primary N) is 2. The fraction of sp³-hybridized carbons (Fsp3) is 0.500. The van der Waals surface area contributed by atoms with Crippen LogP contribution in [-0.4, -0.2) is 23.8 Å². The third kappa shape index (κ3) is 4.13. The van der Waals surface area contributed by atoms with Crippen LogP contribution in [0.5, 0.6) is 0 Å². The number of allylic oxidation sites excluding steroid dienone is 3. The van der Waals surface area contributed by atoms with Crippen LogP contribution in [-0.2, 0) is 0 Å². The zero-order valence-corrected chi connectivity index (χ0v) is 11.3. The lowest BCUT2D eigenvalue weighted by molar-refractivity contribution is 0.139. The standard InChI is InChI=1S/C14H24N4/c1-3-4-12(9-13(16)7-8-15)14-6-5-11(2)10-18(14)17/h3-4,7-9,11,14-15H,5-6,10,16-17H2,1-2H3/b4-3?,12-9+,13-7-,15-8?/t11?,14-/m1/s1. The van der Waals surface area contributed by atoms with Crippen LogP contribution in [0.2, 0.25) is 0 Å². The van der Waals surface area contributed by atoms with Crippen molar-refractivity contribution in [3.63, 3.8) is 0 Å². The van der Waals surface area contributed by atoms with Gasteiger partial charge in [0.05, 0.1) is 0 Å². The van der Waals surface area contributed by atoms with E-state index in [4.69, 9.17) is 17.0 Å². The van der Waals surface area contributed by atoms with Gasteiger partial charge in [-0.05, 0) is 43.4 Å². The second-order valence-corrected chi connectivity index (χ2v) is 4.87. The highest BCUT2D eigenvalue weighted by atomic mass is 15.4. The van der Waals surface area contributed by atoms with Gasteiger partial charge in [0.2, 0.25) is 0 Å². The summed E-state index contributed by atoms with van der Waals surface area (Å²) in [4.78, 5) is 0. The molecule has 0 amide bonds. The highest BCUT2D eigenvalue weighted by Gasteiger charge is 2.25. The van der Waals surface area contributed by atoms with Crippen molar-refractivity contribution in [1.82, 2.24) is 5.01 Å². The largest absolute Gasteiger partial charge is 0.399 e. The van der Waals surface area contributed by atoms with E-state index >= 15 is 0 Å². The third-order valence-corrected chi connectivity index (χ3v) is 3.21. The summed E-state index contributed by atoms with van der Waals surface area (Å²) in [6, 6.07) is 0.218. The Bertz CT molecular complexity index is 368. The summed E-state index contributed by atoms with van der Waals surface area (Å²) in [6.45, 7) is 5.11. The summed E-state index contributed by atoms with van der Waals surface area (Å²) in [6.07, 6.45) is 11.0. The number of hydrazine groups is 1. The van der Waals surface area contributed by atoms with Crippen molar-refractivity contribution in [2.75, 3.05) is 6.54 Å². The quantitative estimate of drug-likeness (QED) is 0.404. The SMILES string of the molecule is CC=C/C(=C\C(N)=C\C=N)[C@H]1CCC(C)CN1N. The fourth-order valence-corrected chi connectivity index (χ4v) is 2.33. The van der Waals surface area contributed by atoms with Gasteiger partial charge in [-0.2, -0.15) is 0 Å². The van der Waals surface area contributed by atoms with Gasteiger partial charge in [0.25, 0.3) is 0 Å². The van der Waals surface area contributed by atoms with Crippen molar-refractivity contribution in [3.8, 4) is 0 Å². The Morgan fingerprint density at radius 1 is 1.39 bits per heavy atom. The minimum absolute atomic E-state index is 0.218. The first kappa shape index (κ1) is 14.7. The maximum atomic E-state index is 7.03. The molecule has 1 heterocycles. The average molecular weight is 248 g/mol. The molecule has 1 aliphatic heterocycles. The maximum absolute atomic E-state index is 7.03. The molecule has 1 fully saturated rings. The Kier molecular flexibility index (Phi) is 5.82. The molecule has 1 saturated heterocycles.